The van der Waals surface area contributed by atoms with Crippen LogP contribution in [0.5, 0.6) is 5.88 Å². The van der Waals surface area contributed by atoms with Crippen molar-refractivity contribution >= 4 is 5.82 Å². The number of hydrogen-bond acceptors (Lipinski definition) is 3. The number of nitrogens with two attached hydrogens (primary N) is 1. The van der Waals surface area contributed by atoms with Crippen LogP contribution < -0.4 is 10.5 Å². The molecule has 1 aromatic heterocycles. The lowest BCUT2D eigenvalue weighted by Gasteiger charge is -2.12. The monoisotopic (exact) mass is 242 g/mol. The lowest BCUT2D eigenvalue weighted by atomic mass is 10.1. The Bertz CT molecular complexity index is 368. The van der Waals surface area contributed by atoms with E-state index in [1.165, 1.54) is 6.92 Å². The van der Waals surface area contributed by atoms with E-state index in [0.717, 1.165) is 6.07 Å². The molecular formula is C8H7F5N2O. The molecule has 0 bridgehead atoms. The second-order valence-corrected chi connectivity index (χ2v) is 2.92. The Morgan fingerprint density at radius 1 is 1.38 bits per heavy atom. The molecule has 0 atom stereocenters. The fourth-order valence-corrected chi connectivity index (χ4v) is 1.13. The van der Waals surface area contributed by atoms with Crippen LogP contribution in [0.4, 0.5) is 27.8 Å². The highest BCUT2D eigenvalue weighted by Crippen LogP contribution is 2.31. The van der Waals surface area contributed by atoms with E-state index >= 15 is 0 Å². The summed E-state index contributed by atoms with van der Waals surface area (Å²) in [6.45, 7) is 1.20. The molecule has 16 heavy (non-hydrogen) atoms. The van der Waals surface area contributed by atoms with Crippen molar-refractivity contribution in [1.82, 2.24) is 4.98 Å². The molecule has 90 valence electrons. The molecule has 0 aliphatic carbocycles. The van der Waals surface area contributed by atoms with E-state index in [-0.39, 0.29) is 5.56 Å². The molecule has 3 nitrogen and oxygen atoms in total. The minimum Gasteiger partial charge on any atom is -0.388 e. The van der Waals surface area contributed by atoms with Crippen LogP contribution in [0.1, 0.15) is 17.6 Å². The van der Waals surface area contributed by atoms with Crippen molar-refractivity contribution in [2.24, 2.45) is 0 Å². The largest absolute Gasteiger partial charge is 0.574 e. The molecule has 0 fully saturated rings. The number of alkyl halides is 5. The Morgan fingerprint density at radius 3 is 2.31 bits per heavy atom. The molecule has 2 N–H and O–H groups in total. The van der Waals surface area contributed by atoms with Crippen LogP contribution in [0.25, 0.3) is 0 Å². The van der Waals surface area contributed by atoms with Crippen molar-refractivity contribution in [2.45, 2.75) is 19.7 Å². The zero-order valence-electron chi connectivity index (χ0n) is 7.98. The van der Waals surface area contributed by atoms with Gasteiger partial charge in [-0.25, -0.2) is 8.78 Å². The summed E-state index contributed by atoms with van der Waals surface area (Å²) in [6.07, 6.45) is -7.83. The summed E-state index contributed by atoms with van der Waals surface area (Å²) in [5.74, 6) is -1.53. The molecule has 0 aromatic carbocycles. The summed E-state index contributed by atoms with van der Waals surface area (Å²) >= 11 is 0. The highest BCUT2D eigenvalue weighted by Gasteiger charge is 2.32. The Labute approximate surface area is 87.0 Å². The summed E-state index contributed by atoms with van der Waals surface area (Å²) in [5, 5.41) is 0. The molecule has 8 heteroatoms. The first-order chi connectivity index (χ1) is 7.20. The summed E-state index contributed by atoms with van der Waals surface area (Å²) in [7, 11) is 0. The molecule has 0 saturated heterocycles. The predicted octanol–water partition coefficient (Wildman–Crippen LogP) is 2.81. The first-order valence-electron chi connectivity index (χ1n) is 4.01. The van der Waals surface area contributed by atoms with E-state index in [1.807, 2.05) is 0 Å². The number of aryl methyl sites for hydroxylation is 1. The van der Waals surface area contributed by atoms with Gasteiger partial charge in [0.1, 0.15) is 5.82 Å². The highest BCUT2D eigenvalue weighted by molar-refractivity contribution is 5.47. The van der Waals surface area contributed by atoms with Crippen LogP contribution in [0.2, 0.25) is 0 Å². The van der Waals surface area contributed by atoms with Crippen LogP contribution in [-0.2, 0) is 0 Å². The molecule has 0 unspecified atom stereocenters. The zero-order valence-corrected chi connectivity index (χ0v) is 7.98. The second-order valence-electron chi connectivity index (χ2n) is 2.92. The van der Waals surface area contributed by atoms with Gasteiger partial charge >= 0.3 is 6.36 Å². The third kappa shape index (κ3) is 2.94. The van der Waals surface area contributed by atoms with Gasteiger partial charge in [-0.3, -0.25) is 0 Å². The van der Waals surface area contributed by atoms with Gasteiger partial charge in [0.15, 0.2) is 0 Å². The van der Waals surface area contributed by atoms with Crippen molar-refractivity contribution in [1.29, 1.82) is 0 Å². The molecular weight excluding hydrogens is 235 g/mol. The number of nitrogen functional groups attached to an aromatic ring is 1. The number of hydrogen-bond donors (Lipinski definition) is 1. The van der Waals surface area contributed by atoms with Gasteiger partial charge in [0.25, 0.3) is 6.43 Å². The molecule has 0 amide bonds. The van der Waals surface area contributed by atoms with Gasteiger partial charge in [-0.2, -0.15) is 4.98 Å². The van der Waals surface area contributed by atoms with Crippen molar-refractivity contribution in [3.05, 3.63) is 17.2 Å². The van der Waals surface area contributed by atoms with E-state index < -0.39 is 30.0 Å². The molecule has 0 aliphatic rings. The number of nitrogens with zero attached hydrogens (tertiary/aromatic N) is 1. The van der Waals surface area contributed by atoms with Gasteiger partial charge < -0.3 is 10.5 Å². The number of anilines is 1. The Hall–Kier alpha value is -1.60. The van der Waals surface area contributed by atoms with Gasteiger partial charge in [-0.1, -0.05) is 0 Å². The van der Waals surface area contributed by atoms with Crippen LogP contribution in [0, 0.1) is 6.92 Å². The van der Waals surface area contributed by atoms with Crippen molar-refractivity contribution in [3.63, 3.8) is 0 Å². The third-order valence-electron chi connectivity index (χ3n) is 1.71. The van der Waals surface area contributed by atoms with Gasteiger partial charge in [-0.15, -0.1) is 13.2 Å². The second kappa shape index (κ2) is 4.11. The average molecular weight is 242 g/mol. The molecule has 0 saturated carbocycles. The lowest BCUT2D eigenvalue weighted by Crippen LogP contribution is -2.18. The fraction of sp³-hybridized carbons (Fsp3) is 0.375. The van der Waals surface area contributed by atoms with Crippen LogP contribution in [0.15, 0.2) is 6.07 Å². The van der Waals surface area contributed by atoms with E-state index in [0.29, 0.717) is 0 Å². The summed E-state index contributed by atoms with van der Waals surface area (Å²) in [4.78, 5) is 3.10. The maximum atomic E-state index is 12.4. The summed E-state index contributed by atoms with van der Waals surface area (Å²) < 4.78 is 63.7. The topological polar surface area (TPSA) is 48.1 Å². The quantitative estimate of drug-likeness (QED) is 0.811. The maximum absolute atomic E-state index is 12.4. The summed E-state index contributed by atoms with van der Waals surface area (Å²) in [6, 6.07) is 0.755. The predicted molar refractivity (Wildman–Crippen MR) is 45.0 cm³/mol. The van der Waals surface area contributed by atoms with Gasteiger partial charge in [0.05, 0.1) is 5.56 Å². The van der Waals surface area contributed by atoms with Crippen LogP contribution in [0.3, 0.4) is 0 Å². The average Bonchev–Trinajstić information content (AvgIpc) is 1.96. The number of aromatic nitrogens is 1. The Kier molecular flexibility index (Phi) is 3.20. The molecule has 1 aromatic rings. The first-order valence-corrected chi connectivity index (χ1v) is 4.01. The molecule has 0 spiro atoms. The molecule has 0 aliphatic heterocycles. The number of halogens is 5. The lowest BCUT2D eigenvalue weighted by molar-refractivity contribution is -0.276. The Morgan fingerprint density at radius 2 is 1.94 bits per heavy atom. The van der Waals surface area contributed by atoms with E-state index in [4.69, 9.17) is 5.73 Å². The molecule has 1 heterocycles. The zero-order chi connectivity index (χ0) is 12.5. The normalized spacial score (nSPS) is 11.9. The van der Waals surface area contributed by atoms with Gasteiger partial charge in [0, 0.05) is 6.07 Å². The minimum atomic E-state index is -4.93. The minimum absolute atomic E-state index is 0.109. The van der Waals surface area contributed by atoms with Gasteiger partial charge in [-0.05, 0) is 12.5 Å². The number of ether oxygens (including phenoxy) is 1. The van der Waals surface area contributed by atoms with Crippen molar-refractivity contribution in [2.75, 3.05) is 5.73 Å². The van der Waals surface area contributed by atoms with E-state index in [2.05, 4.69) is 9.72 Å². The van der Waals surface area contributed by atoms with Crippen LogP contribution >= 0.6 is 0 Å². The fourth-order valence-electron chi connectivity index (χ4n) is 1.13. The highest BCUT2D eigenvalue weighted by atomic mass is 19.4. The summed E-state index contributed by atoms with van der Waals surface area (Å²) in [5.41, 5.74) is 4.41. The van der Waals surface area contributed by atoms with Gasteiger partial charge in [0.2, 0.25) is 5.88 Å². The van der Waals surface area contributed by atoms with Crippen LogP contribution in [-0.4, -0.2) is 11.3 Å². The molecule has 1 rings (SSSR count). The number of rotatable bonds is 2. The third-order valence-corrected chi connectivity index (χ3v) is 1.71. The Balaban J connectivity index is 3.10. The maximum Gasteiger partial charge on any atom is 0.574 e. The van der Waals surface area contributed by atoms with E-state index in [1.54, 1.807) is 0 Å². The first kappa shape index (κ1) is 12.5. The van der Waals surface area contributed by atoms with Crippen molar-refractivity contribution < 1.29 is 26.7 Å². The standard InChI is InChI=1S/C8H7F5N2O/c1-3-2-4(16-8(11,12)13)15-7(14)5(3)6(9)10/h2,6H,1H3,(H2,14,15). The van der Waals surface area contributed by atoms with Crippen molar-refractivity contribution in [3.8, 4) is 5.88 Å². The SMILES string of the molecule is Cc1cc(OC(F)(F)F)nc(N)c1C(F)F. The van der Waals surface area contributed by atoms with E-state index in [9.17, 15) is 22.0 Å². The smallest absolute Gasteiger partial charge is 0.388 e. The number of pyridine rings is 1. The molecule has 0 radical (unpaired) electrons.